The Morgan fingerprint density at radius 2 is 2.47 bits per heavy atom. The number of hydrogen-bond acceptors (Lipinski definition) is 3. The predicted octanol–water partition coefficient (Wildman–Crippen LogP) is 1.77. The number of carboxylic acids is 1. The van der Waals surface area contributed by atoms with Crippen LogP contribution in [0.5, 0.6) is 0 Å². The van der Waals surface area contributed by atoms with Gasteiger partial charge in [0.25, 0.3) is 0 Å². The zero-order chi connectivity index (χ0) is 10.7. The van der Waals surface area contributed by atoms with Crippen LogP contribution in [0.15, 0.2) is 23.1 Å². The summed E-state index contributed by atoms with van der Waals surface area (Å²) in [7, 11) is 0. The summed E-state index contributed by atoms with van der Waals surface area (Å²) in [6.07, 6.45) is 9.35. The minimum Gasteiger partial charge on any atom is -0.480 e. The minimum absolute atomic E-state index is 0.345. The number of thioether (sulfide) groups is 1. The molecule has 82 valence electrons. The Balaban J connectivity index is 1.84. The lowest BCUT2D eigenvalue weighted by Gasteiger charge is -2.12. The van der Waals surface area contributed by atoms with Crippen LogP contribution in [0.4, 0.5) is 0 Å². The van der Waals surface area contributed by atoms with E-state index in [9.17, 15) is 4.79 Å². The second-order valence-electron chi connectivity index (χ2n) is 3.87. The third kappa shape index (κ3) is 2.86. The first-order valence-electron chi connectivity index (χ1n) is 5.24. The van der Waals surface area contributed by atoms with E-state index in [4.69, 9.17) is 5.11 Å². The van der Waals surface area contributed by atoms with Gasteiger partial charge in [0.15, 0.2) is 0 Å². The summed E-state index contributed by atoms with van der Waals surface area (Å²) in [5, 5.41) is 12.3. The molecule has 4 heteroatoms. The van der Waals surface area contributed by atoms with Gasteiger partial charge in [0, 0.05) is 11.8 Å². The van der Waals surface area contributed by atoms with Gasteiger partial charge in [-0.25, -0.2) is 0 Å². The van der Waals surface area contributed by atoms with Crippen LogP contribution in [0.2, 0.25) is 0 Å². The number of nitrogens with one attached hydrogen (secondary N) is 1. The fraction of sp³-hybridized carbons (Fsp3) is 0.545. The summed E-state index contributed by atoms with van der Waals surface area (Å²) in [4.78, 5) is 12.1. The molecule has 3 nitrogen and oxygen atoms in total. The number of aliphatic carboxylic acids is 1. The van der Waals surface area contributed by atoms with Crippen molar-refractivity contribution in [2.45, 2.75) is 30.6 Å². The van der Waals surface area contributed by atoms with Crippen molar-refractivity contribution in [1.29, 1.82) is 0 Å². The van der Waals surface area contributed by atoms with E-state index in [-0.39, 0.29) is 6.04 Å². The molecule has 1 heterocycles. The van der Waals surface area contributed by atoms with Gasteiger partial charge in [0.05, 0.1) is 0 Å². The first-order valence-corrected chi connectivity index (χ1v) is 6.12. The molecule has 0 spiro atoms. The topological polar surface area (TPSA) is 49.3 Å². The minimum atomic E-state index is -0.726. The molecule has 0 saturated carbocycles. The third-order valence-electron chi connectivity index (χ3n) is 2.68. The summed E-state index contributed by atoms with van der Waals surface area (Å²) in [6.45, 7) is 0.808. The molecule has 1 saturated heterocycles. The van der Waals surface area contributed by atoms with Gasteiger partial charge in [-0.2, -0.15) is 0 Å². The molecule has 0 bridgehead atoms. The maximum atomic E-state index is 10.7. The highest BCUT2D eigenvalue weighted by atomic mass is 32.2. The lowest BCUT2D eigenvalue weighted by molar-refractivity contribution is -0.139. The second-order valence-corrected chi connectivity index (χ2v) is 5.30. The molecule has 0 aromatic carbocycles. The first-order chi connectivity index (χ1) is 7.25. The van der Waals surface area contributed by atoms with Gasteiger partial charge in [-0.3, -0.25) is 4.79 Å². The third-order valence-corrected chi connectivity index (χ3v) is 4.02. The van der Waals surface area contributed by atoms with Crippen molar-refractivity contribution in [2.75, 3.05) is 6.54 Å². The largest absolute Gasteiger partial charge is 0.480 e. The van der Waals surface area contributed by atoms with Crippen molar-refractivity contribution in [1.82, 2.24) is 5.32 Å². The monoisotopic (exact) mass is 225 g/mol. The standard InChI is InChI=1S/C11H15NO2S/c13-11(14)10-6-9(7-12-10)15-8-4-2-1-3-5-8/h1-2,4,9-10,12H,3,5-7H2,(H,13,14)/t9-,10+/m1/s1. The highest BCUT2D eigenvalue weighted by Gasteiger charge is 2.29. The van der Waals surface area contributed by atoms with E-state index in [1.165, 1.54) is 4.91 Å². The summed E-state index contributed by atoms with van der Waals surface area (Å²) < 4.78 is 0. The number of carboxylic acid groups (broad SMARTS) is 1. The van der Waals surface area contributed by atoms with Gasteiger partial charge in [-0.1, -0.05) is 18.2 Å². The fourth-order valence-electron chi connectivity index (χ4n) is 1.87. The van der Waals surface area contributed by atoms with Crippen molar-refractivity contribution in [2.24, 2.45) is 0 Å². The Kier molecular flexibility index (Phi) is 3.49. The van der Waals surface area contributed by atoms with Crippen LogP contribution in [0.1, 0.15) is 19.3 Å². The van der Waals surface area contributed by atoms with E-state index in [2.05, 4.69) is 23.5 Å². The number of rotatable bonds is 3. The van der Waals surface area contributed by atoms with Crippen LogP contribution >= 0.6 is 11.8 Å². The molecule has 0 aromatic heterocycles. The van der Waals surface area contributed by atoms with Crippen LogP contribution in [0, 0.1) is 0 Å². The van der Waals surface area contributed by atoms with E-state index in [0.717, 1.165) is 25.8 Å². The maximum absolute atomic E-state index is 10.7. The van der Waals surface area contributed by atoms with Crippen LogP contribution < -0.4 is 5.32 Å². The molecule has 2 N–H and O–H groups in total. The van der Waals surface area contributed by atoms with Gasteiger partial charge in [-0.05, 0) is 24.2 Å². The van der Waals surface area contributed by atoms with Crippen LogP contribution in [-0.4, -0.2) is 28.9 Å². The van der Waals surface area contributed by atoms with E-state index < -0.39 is 5.97 Å². The lowest BCUT2D eigenvalue weighted by atomic mass is 10.2. The number of hydrogen-bond donors (Lipinski definition) is 2. The summed E-state index contributed by atoms with van der Waals surface area (Å²) in [6, 6.07) is -0.345. The SMILES string of the molecule is O=C(O)[C@@H]1C[C@@H](SC2=CC=CCC2)CN1. The fourth-order valence-corrected chi connectivity index (χ4v) is 3.16. The number of allylic oxidation sites excluding steroid dienone is 4. The quantitative estimate of drug-likeness (QED) is 0.768. The molecular weight excluding hydrogens is 210 g/mol. The smallest absolute Gasteiger partial charge is 0.320 e. The van der Waals surface area contributed by atoms with Gasteiger partial charge in [-0.15, -0.1) is 11.8 Å². The van der Waals surface area contributed by atoms with Crippen molar-refractivity contribution in [3.8, 4) is 0 Å². The number of carbonyl (C=O) groups is 1. The summed E-state index contributed by atoms with van der Waals surface area (Å²) in [5.41, 5.74) is 0. The Morgan fingerprint density at radius 1 is 1.60 bits per heavy atom. The van der Waals surface area contributed by atoms with Crippen molar-refractivity contribution >= 4 is 17.7 Å². The van der Waals surface area contributed by atoms with Crippen LogP contribution in [-0.2, 0) is 4.79 Å². The highest BCUT2D eigenvalue weighted by molar-refractivity contribution is 8.03. The Morgan fingerprint density at radius 3 is 3.07 bits per heavy atom. The van der Waals surface area contributed by atoms with Crippen LogP contribution in [0.3, 0.4) is 0 Å². The van der Waals surface area contributed by atoms with Gasteiger partial charge < -0.3 is 10.4 Å². The van der Waals surface area contributed by atoms with Crippen molar-refractivity contribution in [3.63, 3.8) is 0 Å². The van der Waals surface area contributed by atoms with Gasteiger partial charge in [0.2, 0.25) is 0 Å². The van der Waals surface area contributed by atoms with Crippen LogP contribution in [0.25, 0.3) is 0 Å². The molecule has 0 unspecified atom stereocenters. The first kappa shape index (κ1) is 10.8. The molecule has 1 fully saturated rings. The molecule has 0 radical (unpaired) electrons. The van der Waals surface area contributed by atoms with E-state index in [1.807, 2.05) is 11.8 Å². The predicted molar refractivity (Wildman–Crippen MR) is 61.9 cm³/mol. The average Bonchev–Trinajstić information content (AvgIpc) is 2.68. The summed E-state index contributed by atoms with van der Waals surface area (Å²) in [5.74, 6) is -0.726. The van der Waals surface area contributed by atoms with E-state index in [0.29, 0.717) is 5.25 Å². The van der Waals surface area contributed by atoms with Gasteiger partial charge >= 0.3 is 5.97 Å². The molecule has 2 rings (SSSR count). The molecule has 2 aliphatic rings. The van der Waals surface area contributed by atoms with Crippen molar-refractivity contribution in [3.05, 3.63) is 23.1 Å². The summed E-state index contributed by atoms with van der Waals surface area (Å²) >= 11 is 1.83. The van der Waals surface area contributed by atoms with Crippen molar-refractivity contribution < 1.29 is 9.90 Å². The highest BCUT2D eigenvalue weighted by Crippen LogP contribution is 2.32. The van der Waals surface area contributed by atoms with E-state index >= 15 is 0 Å². The lowest BCUT2D eigenvalue weighted by Crippen LogP contribution is -2.29. The second kappa shape index (κ2) is 4.86. The Bertz CT molecular complexity index is 312. The molecule has 0 amide bonds. The Hall–Kier alpha value is -0.740. The Labute approximate surface area is 93.6 Å². The average molecular weight is 225 g/mol. The zero-order valence-corrected chi connectivity index (χ0v) is 9.30. The van der Waals surface area contributed by atoms with E-state index in [1.54, 1.807) is 0 Å². The molecule has 15 heavy (non-hydrogen) atoms. The molecule has 2 atom stereocenters. The molecule has 0 aromatic rings. The molecule has 1 aliphatic carbocycles. The maximum Gasteiger partial charge on any atom is 0.320 e. The van der Waals surface area contributed by atoms with Gasteiger partial charge in [0.1, 0.15) is 6.04 Å². The normalized spacial score (nSPS) is 30.3. The zero-order valence-electron chi connectivity index (χ0n) is 8.48. The molecule has 1 aliphatic heterocycles. The molecular formula is C11H15NO2S.